The highest BCUT2D eigenvalue weighted by Crippen LogP contribution is 2.40. The van der Waals surface area contributed by atoms with E-state index in [9.17, 15) is 8.42 Å². The Kier molecular flexibility index (Phi) is 5.18. The minimum atomic E-state index is -3.10. The molecule has 1 aromatic rings. The van der Waals surface area contributed by atoms with E-state index in [4.69, 9.17) is 4.74 Å². The zero-order chi connectivity index (χ0) is 14.6. The second-order valence-electron chi connectivity index (χ2n) is 5.29. The van der Waals surface area contributed by atoms with E-state index in [1.54, 1.807) is 19.2 Å². The molecule has 0 saturated carbocycles. The van der Waals surface area contributed by atoms with Gasteiger partial charge in [0.1, 0.15) is 0 Å². The quantitative estimate of drug-likeness (QED) is 0.780. The third kappa shape index (κ3) is 3.22. The summed E-state index contributed by atoms with van der Waals surface area (Å²) < 4.78 is 29.5. The fraction of sp³-hybridized carbons (Fsp3) is 0.600. The van der Waals surface area contributed by atoms with E-state index < -0.39 is 9.84 Å². The van der Waals surface area contributed by atoms with Gasteiger partial charge in [-0.2, -0.15) is 0 Å². The van der Waals surface area contributed by atoms with Crippen LogP contribution >= 0.6 is 0 Å². The number of hydrogen-bond donors (Lipinski definition) is 1. The number of rotatable bonds is 7. The molecule has 0 saturated heterocycles. The Labute approximate surface area is 121 Å². The lowest BCUT2D eigenvalue weighted by Gasteiger charge is -2.22. The first-order chi connectivity index (χ1) is 9.60. The van der Waals surface area contributed by atoms with Gasteiger partial charge in [0.05, 0.1) is 17.3 Å². The minimum absolute atomic E-state index is 0.108. The Morgan fingerprint density at radius 2 is 2.15 bits per heavy atom. The molecule has 1 heterocycles. The molecule has 20 heavy (non-hydrogen) atoms. The molecule has 1 aromatic carbocycles. The molecule has 0 aliphatic carbocycles. The third-order valence-corrected chi connectivity index (χ3v) is 5.88. The van der Waals surface area contributed by atoms with Gasteiger partial charge < -0.3 is 10.1 Å². The third-order valence-electron chi connectivity index (χ3n) is 4.04. The average molecular weight is 297 g/mol. The van der Waals surface area contributed by atoms with Gasteiger partial charge in [-0.1, -0.05) is 31.5 Å². The number of nitrogens with one attached hydrogen (secondary N) is 1. The van der Waals surface area contributed by atoms with E-state index in [-0.39, 0.29) is 11.7 Å². The predicted molar refractivity (Wildman–Crippen MR) is 79.8 cm³/mol. The molecule has 0 bridgehead atoms. The highest BCUT2D eigenvalue weighted by atomic mass is 32.2. The van der Waals surface area contributed by atoms with E-state index in [2.05, 4.69) is 12.2 Å². The molecule has 4 nitrogen and oxygen atoms in total. The van der Waals surface area contributed by atoms with Crippen LogP contribution in [0.25, 0.3) is 0 Å². The summed E-state index contributed by atoms with van der Waals surface area (Å²) in [5.74, 6) is 0.693. The van der Waals surface area contributed by atoms with E-state index >= 15 is 0 Å². The van der Waals surface area contributed by atoms with Gasteiger partial charge in [0.15, 0.2) is 9.84 Å². The van der Waals surface area contributed by atoms with E-state index in [0.29, 0.717) is 17.4 Å². The summed E-state index contributed by atoms with van der Waals surface area (Å²) >= 11 is 0. The fourth-order valence-corrected chi connectivity index (χ4v) is 4.88. The van der Waals surface area contributed by atoms with Gasteiger partial charge in [-0.15, -0.1) is 0 Å². The molecule has 0 fully saturated rings. The van der Waals surface area contributed by atoms with Crippen molar-refractivity contribution < 1.29 is 13.2 Å². The molecule has 2 atom stereocenters. The van der Waals surface area contributed by atoms with Crippen molar-refractivity contribution in [3.63, 3.8) is 0 Å². The minimum Gasteiger partial charge on any atom is -0.383 e. The molecule has 112 valence electrons. The summed E-state index contributed by atoms with van der Waals surface area (Å²) in [5, 5.41) is 3.35. The number of sulfone groups is 1. The monoisotopic (exact) mass is 297 g/mol. The van der Waals surface area contributed by atoms with Crippen molar-refractivity contribution in [1.82, 2.24) is 5.32 Å². The maximum Gasteiger partial charge on any atom is 0.179 e. The number of benzene rings is 1. The lowest BCUT2D eigenvalue weighted by Crippen LogP contribution is -2.30. The fourth-order valence-electron chi connectivity index (χ4n) is 2.91. The van der Waals surface area contributed by atoms with Gasteiger partial charge in [-0.3, -0.25) is 0 Å². The van der Waals surface area contributed by atoms with Crippen LogP contribution in [0.4, 0.5) is 0 Å². The smallest absolute Gasteiger partial charge is 0.179 e. The second kappa shape index (κ2) is 6.70. The molecule has 0 radical (unpaired) electrons. The maximum absolute atomic E-state index is 12.2. The number of hydrogen-bond acceptors (Lipinski definition) is 4. The van der Waals surface area contributed by atoms with E-state index in [1.807, 2.05) is 12.1 Å². The first kappa shape index (κ1) is 15.5. The van der Waals surface area contributed by atoms with Gasteiger partial charge in [0, 0.05) is 19.6 Å². The molecule has 5 heteroatoms. The summed E-state index contributed by atoms with van der Waals surface area (Å²) in [4.78, 5) is 0.528. The first-order valence-electron chi connectivity index (χ1n) is 7.11. The van der Waals surface area contributed by atoms with Crippen LogP contribution in [0.5, 0.6) is 0 Å². The van der Waals surface area contributed by atoms with E-state index in [0.717, 1.165) is 25.1 Å². The normalized spacial score (nSPS) is 21.6. The Morgan fingerprint density at radius 3 is 2.85 bits per heavy atom. The van der Waals surface area contributed by atoms with Gasteiger partial charge in [-0.05, 0) is 24.1 Å². The van der Waals surface area contributed by atoms with Crippen molar-refractivity contribution in [3.8, 4) is 0 Å². The molecule has 1 N–H and O–H groups in total. The lowest BCUT2D eigenvalue weighted by molar-refractivity contribution is 0.197. The zero-order valence-electron chi connectivity index (χ0n) is 12.1. The Morgan fingerprint density at radius 1 is 1.40 bits per heavy atom. The molecule has 2 unspecified atom stereocenters. The molecule has 0 aromatic heterocycles. The van der Waals surface area contributed by atoms with Crippen LogP contribution in [0.3, 0.4) is 0 Å². The van der Waals surface area contributed by atoms with E-state index in [1.165, 1.54) is 0 Å². The maximum atomic E-state index is 12.2. The molecular weight excluding hydrogens is 274 g/mol. The standard InChI is InChI=1S/C15H23NO3S/c1-3-12(10-16-8-9-19-2)14-11-20(17,18)15-7-5-4-6-13(14)15/h4-7,12,14,16H,3,8-11H2,1-2H3. The van der Waals surface area contributed by atoms with Crippen molar-refractivity contribution >= 4 is 9.84 Å². The largest absolute Gasteiger partial charge is 0.383 e. The van der Waals surface area contributed by atoms with Crippen LogP contribution in [-0.4, -0.2) is 41.0 Å². The Balaban J connectivity index is 2.12. The van der Waals surface area contributed by atoms with Gasteiger partial charge in [0.2, 0.25) is 0 Å². The first-order valence-corrected chi connectivity index (χ1v) is 8.76. The molecule has 0 spiro atoms. The highest BCUT2D eigenvalue weighted by molar-refractivity contribution is 7.91. The van der Waals surface area contributed by atoms with Crippen molar-refractivity contribution in [1.29, 1.82) is 0 Å². The SMILES string of the molecule is CCC(CNCCOC)C1CS(=O)(=O)c2ccccc21. The molecule has 0 amide bonds. The van der Waals surface area contributed by atoms with Crippen LogP contribution in [0, 0.1) is 5.92 Å². The molecular formula is C15H23NO3S. The summed E-state index contributed by atoms with van der Waals surface area (Å²) in [6, 6.07) is 7.42. The average Bonchev–Trinajstić information content (AvgIpc) is 2.72. The summed E-state index contributed by atoms with van der Waals surface area (Å²) in [6.45, 7) is 4.43. The molecule has 1 aliphatic heterocycles. The van der Waals surface area contributed by atoms with Crippen LogP contribution in [0.1, 0.15) is 24.8 Å². The highest BCUT2D eigenvalue weighted by Gasteiger charge is 2.37. The topological polar surface area (TPSA) is 55.4 Å². The lowest BCUT2D eigenvalue weighted by atomic mass is 9.86. The van der Waals surface area contributed by atoms with Crippen molar-refractivity contribution in [2.45, 2.75) is 24.2 Å². The van der Waals surface area contributed by atoms with Crippen LogP contribution in [0.15, 0.2) is 29.2 Å². The van der Waals surface area contributed by atoms with Crippen molar-refractivity contribution in [2.24, 2.45) is 5.92 Å². The van der Waals surface area contributed by atoms with Crippen molar-refractivity contribution in [2.75, 3.05) is 32.6 Å². The predicted octanol–water partition coefficient (Wildman–Crippen LogP) is 1.82. The second-order valence-corrected chi connectivity index (χ2v) is 7.29. The Hall–Kier alpha value is -0.910. The van der Waals surface area contributed by atoms with Gasteiger partial charge in [-0.25, -0.2) is 8.42 Å². The summed E-state index contributed by atoms with van der Waals surface area (Å²) in [7, 11) is -1.42. The van der Waals surface area contributed by atoms with Gasteiger partial charge >= 0.3 is 0 Å². The summed E-state index contributed by atoms with van der Waals surface area (Å²) in [6.07, 6.45) is 0.967. The van der Waals surface area contributed by atoms with Crippen LogP contribution < -0.4 is 5.32 Å². The van der Waals surface area contributed by atoms with Gasteiger partial charge in [0.25, 0.3) is 0 Å². The molecule has 2 rings (SSSR count). The number of methoxy groups -OCH3 is 1. The zero-order valence-corrected chi connectivity index (χ0v) is 12.9. The van der Waals surface area contributed by atoms with Crippen LogP contribution in [0.2, 0.25) is 0 Å². The number of ether oxygens (including phenoxy) is 1. The van der Waals surface area contributed by atoms with Crippen LogP contribution in [-0.2, 0) is 14.6 Å². The summed E-state index contributed by atoms with van der Waals surface area (Å²) in [5.41, 5.74) is 0.993. The molecule has 1 aliphatic rings. The Bertz CT molecular complexity index is 542. The van der Waals surface area contributed by atoms with Crippen molar-refractivity contribution in [3.05, 3.63) is 29.8 Å². The number of fused-ring (bicyclic) bond motifs is 1.